The average molecular weight is 213 g/mol. The highest BCUT2D eigenvalue weighted by molar-refractivity contribution is 5.63. The highest BCUT2D eigenvalue weighted by Crippen LogP contribution is 2.22. The van der Waals surface area contributed by atoms with E-state index in [4.69, 9.17) is 11.6 Å². The molecule has 4 N–H and O–H groups in total. The van der Waals surface area contributed by atoms with Crippen LogP contribution in [0.4, 0.5) is 17.1 Å². The molecule has 82 valence electrons. The standard InChI is InChI=1S/C13H15N3/c1-10-2-6-12(7-3-10)16(15)13-8-4-11(14)5-9-13/h2-9H,14-15H2,1H3. The lowest BCUT2D eigenvalue weighted by Gasteiger charge is -2.18. The van der Waals surface area contributed by atoms with Gasteiger partial charge in [-0.15, -0.1) is 0 Å². The van der Waals surface area contributed by atoms with E-state index in [0.717, 1.165) is 17.1 Å². The maximum absolute atomic E-state index is 6.01. The molecule has 0 radical (unpaired) electrons. The summed E-state index contributed by atoms with van der Waals surface area (Å²) >= 11 is 0. The average Bonchev–Trinajstić information content (AvgIpc) is 2.30. The van der Waals surface area contributed by atoms with Crippen molar-refractivity contribution in [2.45, 2.75) is 6.92 Å². The Hall–Kier alpha value is -2.00. The zero-order valence-corrected chi connectivity index (χ0v) is 9.22. The van der Waals surface area contributed by atoms with Gasteiger partial charge in [-0.2, -0.15) is 0 Å². The number of aryl methyl sites for hydroxylation is 1. The fourth-order valence-corrected chi connectivity index (χ4v) is 1.49. The topological polar surface area (TPSA) is 55.3 Å². The monoisotopic (exact) mass is 213 g/mol. The Morgan fingerprint density at radius 2 is 1.25 bits per heavy atom. The Morgan fingerprint density at radius 1 is 0.812 bits per heavy atom. The predicted molar refractivity (Wildman–Crippen MR) is 68.4 cm³/mol. The van der Waals surface area contributed by atoms with Gasteiger partial charge < -0.3 is 5.73 Å². The van der Waals surface area contributed by atoms with Crippen molar-refractivity contribution in [3.63, 3.8) is 0 Å². The Balaban J connectivity index is 2.28. The van der Waals surface area contributed by atoms with Gasteiger partial charge in [0, 0.05) is 5.69 Å². The molecule has 0 amide bonds. The van der Waals surface area contributed by atoms with E-state index in [1.54, 1.807) is 5.01 Å². The Kier molecular flexibility index (Phi) is 2.79. The van der Waals surface area contributed by atoms with E-state index in [0.29, 0.717) is 0 Å². The number of hydrazine groups is 1. The van der Waals surface area contributed by atoms with Gasteiger partial charge in [0.05, 0.1) is 11.4 Å². The summed E-state index contributed by atoms with van der Waals surface area (Å²) in [6.45, 7) is 2.05. The molecule has 3 nitrogen and oxygen atoms in total. The van der Waals surface area contributed by atoms with Gasteiger partial charge in [-0.1, -0.05) is 17.7 Å². The maximum Gasteiger partial charge on any atom is 0.0576 e. The van der Waals surface area contributed by atoms with Gasteiger partial charge in [0.1, 0.15) is 0 Å². The second-order valence-corrected chi connectivity index (χ2v) is 3.80. The van der Waals surface area contributed by atoms with Crippen molar-refractivity contribution >= 4 is 17.1 Å². The van der Waals surface area contributed by atoms with Crippen LogP contribution in [-0.2, 0) is 0 Å². The van der Waals surface area contributed by atoms with E-state index in [-0.39, 0.29) is 0 Å². The molecule has 0 unspecified atom stereocenters. The molecular weight excluding hydrogens is 198 g/mol. The quantitative estimate of drug-likeness (QED) is 0.458. The fourth-order valence-electron chi connectivity index (χ4n) is 1.49. The lowest BCUT2D eigenvalue weighted by Crippen LogP contribution is -2.24. The van der Waals surface area contributed by atoms with Crippen LogP contribution in [0, 0.1) is 6.92 Å². The van der Waals surface area contributed by atoms with Crippen LogP contribution in [0.2, 0.25) is 0 Å². The molecule has 2 aromatic rings. The Labute approximate surface area is 95.3 Å². The van der Waals surface area contributed by atoms with E-state index >= 15 is 0 Å². The molecule has 3 heteroatoms. The van der Waals surface area contributed by atoms with Gasteiger partial charge in [-0.3, -0.25) is 5.01 Å². The van der Waals surface area contributed by atoms with Gasteiger partial charge in [0.15, 0.2) is 0 Å². The third-order valence-corrected chi connectivity index (χ3v) is 2.48. The van der Waals surface area contributed by atoms with E-state index in [9.17, 15) is 0 Å². The van der Waals surface area contributed by atoms with Crippen LogP contribution in [0.15, 0.2) is 48.5 Å². The van der Waals surface area contributed by atoms with Crippen LogP contribution in [0.3, 0.4) is 0 Å². The third-order valence-electron chi connectivity index (χ3n) is 2.48. The molecule has 2 rings (SSSR count). The molecule has 0 saturated heterocycles. The first-order chi connectivity index (χ1) is 7.66. The maximum atomic E-state index is 6.01. The van der Waals surface area contributed by atoms with Crippen LogP contribution < -0.4 is 16.6 Å². The minimum Gasteiger partial charge on any atom is -0.399 e. The highest BCUT2D eigenvalue weighted by atomic mass is 15.4. The van der Waals surface area contributed by atoms with Crippen LogP contribution in [0.1, 0.15) is 5.56 Å². The minimum absolute atomic E-state index is 0.737. The summed E-state index contributed by atoms with van der Waals surface area (Å²) in [5.41, 5.74) is 9.45. The second-order valence-electron chi connectivity index (χ2n) is 3.80. The Bertz CT molecular complexity index is 414. The van der Waals surface area contributed by atoms with Crippen molar-refractivity contribution in [2.24, 2.45) is 5.84 Å². The summed E-state index contributed by atoms with van der Waals surface area (Å²) in [5.74, 6) is 6.01. The molecule has 0 atom stereocenters. The molecule has 0 aromatic heterocycles. The first-order valence-corrected chi connectivity index (χ1v) is 5.14. The first kappa shape index (κ1) is 10.5. The van der Waals surface area contributed by atoms with Crippen LogP contribution >= 0.6 is 0 Å². The number of hydrogen-bond donors (Lipinski definition) is 2. The molecule has 2 aromatic carbocycles. The second kappa shape index (κ2) is 4.24. The van der Waals surface area contributed by atoms with E-state index < -0.39 is 0 Å². The normalized spacial score (nSPS) is 10.1. The van der Waals surface area contributed by atoms with Crippen LogP contribution in [0.25, 0.3) is 0 Å². The number of nitrogens with zero attached hydrogens (tertiary/aromatic N) is 1. The highest BCUT2D eigenvalue weighted by Gasteiger charge is 2.03. The molecule has 0 fully saturated rings. The van der Waals surface area contributed by atoms with E-state index in [1.165, 1.54) is 5.56 Å². The molecule has 0 aliphatic rings. The van der Waals surface area contributed by atoms with Crippen molar-refractivity contribution in [2.75, 3.05) is 10.7 Å². The third kappa shape index (κ3) is 2.15. The van der Waals surface area contributed by atoms with Gasteiger partial charge in [-0.05, 0) is 43.3 Å². The van der Waals surface area contributed by atoms with Gasteiger partial charge in [-0.25, -0.2) is 5.84 Å². The SMILES string of the molecule is Cc1ccc(N(N)c2ccc(N)cc2)cc1. The number of nitrogens with two attached hydrogens (primary N) is 2. The van der Waals surface area contributed by atoms with Crippen molar-refractivity contribution in [3.8, 4) is 0 Å². The molecule has 0 spiro atoms. The van der Waals surface area contributed by atoms with Crippen LogP contribution in [-0.4, -0.2) is 0 Å². The fraction of sp³-hybridized carbons (Fsp3) is 0.0769. The number of nitrogen functional groups attached to an aromatic ring is 1. The lowest BCUT2D eigenvalue weighted by molar-refractivity contribution is 1.09. The molecular formula is C13H15N3. The largest absolute Gasteiger partial charge is 0.399 e. The zero-order valence-electron chi connectivity index (χ0n) is 9.22. The van der Waals surface area contributed by atoms with Crippen molar-refractivity contribution in [3.05, 3.63) is 54.1 Å². The minimum atomic E-state index is 0.737. The van der Waals surface area contributed by atoms with Crippen molar-refractivity contribution in [1.82, 2.24) is 0 Å². The van der Waals surface area contributed by atoms with E-state index in [2.05, 4.69) is 0 Å². The Morgan fingerprint density at radius 3 is 1.75 bits per heavy atom. The number of rotatable bonds is 2. The number of hydrogen-bond acceptors (Lipinski definition) is 3. The first-order valence-electron chi connectivity index (χ1n) is 5.14. The lowest BCUT2D eigenvalue weighted by atomic mass is 10.2. The zero-order chi connectivity index (χ0) is 11.5. The molecule has 16 heavy (non-hydrogen) atoms. The van der Waals surface area contributed by atoms with Crippen molar-refractivity contribution < 1.29 is 0 Å². The predicted octanol–water partition coefficient (Wildman–Crippen LogP) is 2.59. The smallest absolute Gasteiger partial charge is 0.0576 e. The summed E-state index contributed by atoms with van der Waals surface area (Å²) in [4.78, 5) is 0. The molecule has 0 saturated carbocycles. The van der Waals surface area contributed by atoms with Gasteiger partial charge in [0.25, 0.3) is 0 Å². The van der Waals surface area contributed by atoms with Gasteiger partial charge >= 0.3 is 0 Å². The summed E-state index contributed by atoms with van der Waals surface area (Å²) in [7, 11) is 0. The number of benzene rings is 2. The molecule has 0 aliphatic carbocycles. The van der Waals surface area contributed by atoms with Crippen molar-refractivity contribution in [1.29, 1.82) is 0 Å². The summed E-state index contributed by atoms with van der Waals surface area (Å²) in [6, 6.07) is 15.5. The van der Waals surface area contributed by atoms with Crippen LogP contribution in [0.5, 0.6) is 0 Å². The molecule has 0 bridgehead atoms. The summed E-state index contributed by atoms with van der Waals surface area (Å²) < 4.78 is 0. The summed E-state index contributed by atoms with van der Waals surface area (Å²) in [5, 5.41) is 1.64. The van der Waals surface area contributed by atoms with Gasteiger partial charge in [0.2, 0.25) is 0 Å². The summed E-state index contributed by atoms with van der Waals surface area (Å²) in [6.07, 6.45) is 0. The molecule has 0 aliphatic heterocycles. The molecule has 0 heterocycles. The van der Waals surface area contributed by atoms with E-state index in [1.807, 2.05) is 55.5 Å². The number of anilines is 3.